The van der Waals surface area contributed by atoms with E-state index in [4.69, 9.17) is 4.99 Å². The van der Waals surface area contributed by atoms with Gasteiger partial charge in [0.05, 0.1) is 23.6 Å². The minimum Gasteiger partial charge on any atom is -0.349 e. The van der Waals surface area contributed by atoms with E-state index < -0.39 is 14.6 Å². The Kier molecular flexibility index (Phi) is 5.74. The Morgan fingerprint density at radius 1 is 1.25 bits per heavy atom. The maximum Gasteiger partial charge on any atom is 0.194 e. The van der Waals surface area contributed by atoms with E-state index in [1.54, 1.807) is 13.8 Å². The van der Waals surface area contributed by atoms with Gasteiger partial charge in [-0.1, -0.05) is 30.3 Å². The average Bonchev–Trinajstić information content (AvgIpc) is 2.97. The van der Waals surface area contributed by atoms with E-state index in [1.165, 1.54) is 0 Å². The first-order valence-corrected chi connectivity index (χ1v) is 11.0. The van der Waals surface area contributed by atoms with E-state index >= 15 is 0 Å². The summed E-state index contributed by atoms with van der Waals surface area (Å²) in [6.45, 7) is 7.25. The molecule has 0 saturated carbocycles. The summed E-state index contributed by atoms with van der Waals surface area (Å²) >= 11 is 0. The van der Waals surface area contributed by atoms with Crippen LogP contribution in [0.2, 0.25) is 0 Å². The number of aromatic nitrogens is 3. The maximum absolute atomic E-state index is 12.4. The van der Waals surface area contributed by atoms with Crippen molar-refractivity contribution in [1.82, 2.24) is 25.0 Å². The van der Waals surface area contributed by atoms with Crippen LogP contribution in [0.15, 0.2) is 35.3 Å². The fourth-order valence-electron chi connectivity index (χ4n) is 3.10. The van der Waals surface area contributed by atoms with Gasteiger partial charge < -0.3 is 14.8 Å². The molecular formula is C19H28N6O2S. The normalized spacial score (nSPS) is 18.9. The zero-order valence-corrected chi connectivity index (χ0v) is 17.7. The lowest BCUT2D eigenvalue weighted by molar-refractivity contribution is 0.352. The van der Waals surface area contributed by atoms with Crippen LogP contribution in [0.25, 0.3) is 0 Å². The van der Waals surface area contributed by atoms with E-state index in [0.717, 1.165) is 17.2 Å². The summed E-state index contributed by atoms with van der Waals surface area (Å²) in [5.74, 6) is 2.45. The van der Waals surface area contributed by atoms with E-state index in [0.29, 0.717) is 32.1 Å². The highest BCUT2D eigenvalue weighted by atomic mass is 32.2. The zero-order valence-electron chi connectivity index (χ0n) is 16.9. The molecular weight excluding hydrogens is 376 g/mol. The highest BCUT2D eigenvalue weighted by Gasteiger charge is 2.41. The smallest absolute Gasteiger partial charge is 0.194 e. The van der Waals surface area contributed by atoms with Gasteiger partial charge in [-0.25, -0.2) is 13.4 Å². The molecule has 0 unspecified atom stereocenters. The average molecular weight is 405 g/mol. The third kappa shape index (κ3) is 4.35. The summed E-state index contributed by atoms with van der Waals surface area (Å²) in [5.41, 5.74) is 1.10. The lowest BCUT2D eigenvalue weighted by Gasteiger charge is -2.39. The molecule has 0 radical (unpaired) electrons. The molecule has 0 aliphatic carbocycles. The van der Waals surface area contributed by atoms with Crippen LogP contribution in [0.5, 0.6) is 0 Å². The van der Waals surface area contributed by atoms with Crippen LogP contribution in [0.1, 0.15) is 31.1 Å². The Morgan fingerprint density at radius 3 is 2.57 bits per heavy atom. The molecule has 1 fully saturated rings. The first-order chi connectivity index (χ1) is 13.2. The summed E-state index contributed by atoms with van der Waals surface area (Å²) < 4.78 is 25.8. The molecule has 2 aromatic rings. The van der Waals surface area contributed by atoms with Crippen LogP contribution < -0.4 is 5.32 Å². The standard InChI is InChI=1S/C19H28N6O2S/c1-15-22-23-17(24(15)4)13-21-18(20-12-16-8-6-5-7-9-16)25-10-11-28(26,27)19(2,3)14-25/h5-9H,10-14H2,1-4H3,(H,20,21). The van der Waals surface area contributed by atoms with Crippen molar-refractivity contribution in [3.8, 4) is 0 Å². The summed E-state index contributed by atoms with van der Waals surface area (Å²) in [6.07, 6.45) is 0. The van der Waals surface area contributed by atoms with Gasteiger partial charge in [0, 0.05) is 20.1 Å². The maximum atomic E-state index is 12.4. The molecule has 1 saturated heterocycles. The second-order valence-electron chi connectivity index (χ2n) is 7.70. The van der Waals surface area contributed by atoms with Crippen LogP contribution in [0.4, 0.5) is 0 Å². The van der Waals surface area contributed by atoms with Crippen LogP contribution in [-0.4, -0.2) is 57.6 Å². The van der Waals surface area contributed by atoms with E-state index in [2.05, 4.69) is 15.5 Å². The summed E-state index contributed by atoms with van der Waals surface area (Å²) in [6, 6.07) is 9.99. The van der Waals surface area contributed by atoms with Gasteiger partial charge in [0.15, 0.2) is 21.6 Å². The highest BCUT2D eigenvalue weighted by Crippen LogP contribution is 2.24. The molecule has 152 valence electrons. The Morgan fingerprint density at radius 2 is 1.96 bits per heavy atom. The van der Waals surface area contributed by atoms with E-state index in [1.807, 2.05) is 53.8 Å². The van der Waals surface area contributed by atoms with Gasteiger partial charge in [0.25, 0.3) is 0 Å². The van der Waals surface area contributed by atoms with E-state index in [9.17, 15) is 8.42 Å². The molecule has 2 heterocycles. The van der Waals surface area contributed by atoms with Crippen molar-refractivity contribution >= 4 is 15.8 Å². The molecule has 8 nitrogen and oxygen atoms in total. The number of aliphatic imine (C=N–C) groups is 1. The molecule has 1 aliphatic heterocycles. The second kappa shape index (κ2) is 7.90. The lowest BCUT2D eigenvalue weighted by atomic mass is 10.2. The van der Waals surface area contributed by atoms with Gasteiger partial charge in [0.2, 0.25) is 0 Å². The minimum atomic E-state index is -3.12. The van der Waals surface area contributed by atoms with Crippen molar-refractivity contribution in [2.75, 3.05) is 18.8 Å². The van der Waals surface area contributed by atoms with Gasteiger partial charge >= 0.3 is 0 Å². The van der Waals surface area contributed by atoms with Gasteiger partial charge in [0.1, 0.15) is 5.82 Å². The molecule has 28 heavy (non-hydrogen) atoms. The number of hydrogen-bond acceptors (Lipinski definition) is 5. The van der Waals surface area contributed by atoms with Crippen molar-refractivity contribution in [1.29, 1.82) is 0 Å². The topological polar surface area (TPSA) is 92.5 Å². The fraction of sp³-hybridized carbons (Fsp3) is 0.526. The summed E-state index contributed by atoms with van der Waals surface area (Å²) in [4.78, 5) is 6.78. The van der Waals surface area contributed by atoms with Crippen molar-refractivity contribution in [2.24, 2.45) is 12.0 Å². The number of benzene rings is 1. The molecule has 0 atom stereocenters. The first kappa shape index (κ1) is 20.3. The molecule has 3 rings (SSSR count). The van der Waals surface area contributed by atoms with Crippen molar-refractivity contribution in [3.63, 3.8) is 0 Å². The monoisotopic (exact) mass is 404 g/mol. The van der Waals surface area contributed by atoms with Gasteiger partial charge in [-0.3, -0.25) is 0 Å². The SMILES string of the molecule is Cc1nnc(CNC(=NCc2ccccc2)N2CCS(=O)(=O)C(C)(C)C2)n1C. The largest absolute Gasteiger partial charge is 0.349 e. The predicted molar refractivity (Wildman–Crippen MR) is 110 cm³/mol. The molecule has 1 aromatic heterocycles. The predicted octanol–water partition coefficient (Wildman–Crippen LogP) is 1.28. The van der Waals surface area contributed by atoms with Crippen molar-refractivity contribution in [2.45, 2.75) is 38.6 Å². The summed E-state index contributed by atoms with van der Waals surface area (Å²) in [7, 11) is -1.20. The Hall–Kier alpha value is -2.42. The zero-order chi connectivity index (χ0) is 20.4. The fourth-order valence-corrected chi connectivity index (χ4v) is 4.47. The van der Waals surface area contributed by atoms with E-state index in [-0.39, 0.29) is 5.75 Å². The number of nitrogens with one attached hydrogen (secondary N) is 1. The van der Waals surface area contributed by atoms with Crippen LogP contribution in [0.3, 0.4) is 0 Å². The number of guanidine groups is 1. The molecule has 1 aromatic carbocycles. The second-order valence-corrected chi connectivity index (χ2v) is 10.4. The lowest BCUT2D eigenvalue weighted by Crippen LogP contribution is -2.57. The molecule has 1 N–H and O–H groups in total. The van der Waals surface area contributed by atoms with Crippen molar-refractivity contribution < 1.29 is 8.42 Å². The number of nitrogens with zero attached hydrogens (tertiary/aromatic N) is 5. The first-order valence-electron chi connectivity index (χ1n) is 9.34. The Labute approximate surface area is 166 Å². The quantitative estimate of drug-likeness (QED) is 0.610. The van der Waals surface area contributed by atoms with Crippen LogP contribution in [-0.2, 0) is 30.0 Å². The molecule has 9 heteroatoms. The third-order valence-electron chi connectivity index (χ3n) is 5.18. The summed E-state index contributed by atoms with van der Waals surface area (Å²) in [5, 5.41) is 11.6. The van der Waals surface area contributed by atoms with Crippen LogP contribution >= 0.6 is 0 Å². The third-order valence-corrected chi connectivity index (χ3v) is 7.72. The van der Waals surface area contributed by atoms with Crippen molar-refractivity contribution in [3.05, 3.63) is 47.5 Å². The van der Waals surface area contributed by atoms with Crippen LogP contribution in [0, 0.1) is 6.92 Å². The number of rotatable bonds is 4. The molecule has 0 spiro atoms. The molecule has 1 aliphatic rings. The number of aryl methyl sites for hydroxylation is 1. The van der Waals surface area contributed by atoms with Gasteiger partial charge in [-0.2, -0.15) is 0 Å². The van der Waals surface area contributed by atoms with Gasteiger partial charge in [-0.15, -0.1) is 10.2 Å². The number of sulfone groups is 1. The Bertz CT molecular complexity index is 950. The van der Waals surface area contributed by atoms with Gasteiger partial charge in [-0.05, 0) is 26.3 Å². The number of hydrogen-bond donors (Lipinski definition) is 1. The molecule has 0 amide bonds. The minimum absolute atomic E-state index is 0.120. The Balaban J connectivity index is 1.80. The highest BCUT2D eigenvalue weighted by molar-refractivity contribution is 7.92. The molecule has 0 bridgehead atoms.